The maximum atomic E-state index is 12.6. The number of benzene rings is 1. The zero-order valence-electron chi connectivity index (χ0n) is 13.9. The van der Waals surface area contributed by atoms with Gasteiger partial charge in [-0.25, -0.2) is 0 Å². The number of carbonyl (C=O) groups excluding carboxylic acids is 3. The summed E-state index contributed by atoms with van der Waals surface area (Å²) in [5.74, 6) is -0.840. The lowest BCUT2D eigenvalue weighted by Crippen LogP contribution is -2.42. The molecule has 4 rings (SSSR count). The Morgan fingerprint density at radius 3 is 2.36 bits per heavy atom. The maximum absolute atomic E-state index is 12.6. The SMILES string of the molecule is CN(Cc1ccccc1Cl)C(=O)CN1C(=O)C2C3C=CC(C3)C2C1=O. The highest BCUT2D eigenvalue weighted by Gasteiger charge is 2.59. The molecule has 0 aromatic heterocycles. The van der Waals surface area contributed by atoms with Crippen LogP contribution in [0.4, 0.5) is 0 Å². The fraction of sp³-hybridized carbons (Fsp3) is 0.421. The molecule has 6 heteroatoms. The van der Waals surface area contributed by atoms with Gasteiger partial charge in [-0.3, -0.25) is 19.3 Å². The second kappa shape index (κ2) is 5.99. The van der Waals surface area contributed by atoms with Crippen molar-refractivity contribution in [1.82, 2.24) is 9.80 Å². The van der Waals surface area contributed by atoms with Crippen molar-refractivity contribution in [2.45, 2.75) is 13.0 Å². The van der Waals surface area contributed by atoms with Crippen LogP contribution in [0.5, 0.6) is 0 Å². The Kier molecular flexibility index (Phi) is 3.91. The van der Waals surface area contributed by atoms with Crippen LogP contribution in [0.3, 0.4) is 0 Å². The molecule has 0 N–H and O–H groups in total. The molecule has 0 spiro atoms. The van der Waals surface area contributed by atoms with Crippen molar-refractivity contribution in [2.24, 2.45) is 23.7 Å². The average Bonchev–Trinajstić information content (AvgIpc) is 3.26. The number of allylic oxidation sites excluding steroid dienone is 2. The number of hydrogen-bond donors (Lipinski definition) is 0. The number of likely N-dealkylation sites (tertiary alicyclic amines) is 1. The molecule has 4 atom stereocenters. The van der Waals surface area contributed by atoms with E-state index in [9.17, 15) is 14.4 Å². The van der Waals surface area contributed by atoms with Crippen molar-refractivity contribution >= 4 is 29.3 Å². The van der Waals surface area contributed by atoms with Gasteiger partial charge in [0.25, 0.3) is 0 Å². The zero-order valence-corrected chi connectivity index (χ0v) is 14.6. The summed E-state index contributed by atoms with van der Waals surface area (Å²) in [6.45, 7) is 0.152. The summed E-state index contributed by atoms with van der Waals surface area (Å²) < 4.78 is 0. The Labute approximate surface area is 151 Å². The molecule has 1 aromatic carbocycles. The van der Waals surface area contributed by atoms with Crippen LogP contribution in [-0.4, -0.2) is 41.1 Å². The molecule has 4 unspecified atom stereocenters. The summed E-state index contributed by atoms with van der Waals surface area (Å²) >= 11 is 6.13. The first-order chi connectivity index (χ1) is 12.0. The molecule has 5 nitrogen and oxygen atoms in total. The maximum Gasteiger partial charge on any atom is 0.242 e. The molecule has 2 bridgehead atoms. The van der Waals surface area contributed by atoms with Gasteiger partial charge in [0.2, 0.25) is 17.7 Å². The number of rotatable bonds is 4. The van der Waals surface area contributed by atoms with E-state index in [1.165, 1.54) is 4.90 Å². The average molecular weight is 359 g/mol. The van der Waals surface area contributed by atoms with E-state index < -0.39 is 0 Å². The van der Waals surface area contributed by atoms with Crippen molar-refractivity contribution in [1.29, 1.82) is 0 Å². The number of fused-ring (bicyclic) bond motifs is 5. The number of amides is 3. The lowest BCUT2D eigenvalue weighted by molar-refractivity contribution is -0.146. The zero-order chi connectivity index (χ0) is 17.7. The van der Waals surface area contributed by atoms with E-state index in [0.29, 0.717) is 11.6 Å². The highest BCUT2D eigenvalue weighted by atomic mass is 35.5. The van der Waals surface area contributed by atoms with Gasteiger partial charge in [-0.05, 0) is 29.9 Å². The summed E-state index contributed by atoms with van der Waals surface area (Å²) in [4.78, 5) is 40.5. The number of nitrogens with zero attached hydrogens (tertiary/aromatic N) is 2. The van der Waals surface area contributed by atoms with Crippen LogP contribution in [0.2, 0.25) is 5.02 Å². The fourth-order valence-electron chi connectivity index (χ4n) is 4.35. The number of likely N-dealkylation sites (N-methyl/N-ethyl adjacent to an activating group) is 1. The van der Waals surface area contributed by atoms with Crippen LogP contribution in [0.1, 0.15) is 12.0 Å². The van der Waals surface area contributed by atoms with Crippen LogP contribution in [-0.2, 0) is 20.9 Å². The van der Waals surface area contributed by atoms with E-state index in [2.05, 4.69) is 0 Å². The molecule has 1 heterocycles. The first-order valence-electron chi connectivity index (χ1n) is 8.48. The lowest BCUT2D eigenvalue weighted by Gasteiger charge is -2.22. The largest absolute Gasteiger partial charge is 0.340 e. The van der Waals surface area contributed by atoms with E-state index in [1.807, 2.05) is 30.4 Å². The first kappa shape index (κ1) is 16.3. The Morgan fingerprint density at radius 2 is 1.76 bits per heavy atom. The normalized spacial score (nSPS) is 29.4. The Balaban J connectivity index is 1.44. The number of hydrogen-bond acceptors (Lipinski definition) is 3. The topological polar surface area (TPSA) is 57.7 Å². The molecule has 2 fully saturated rings. The summed E-state index contributed by atoms with van der Waals surface area (Å²) in [6, 6.07) is 7.31. The summed E-state index contributed by atoms with van der Waals surface area (Å²) in [6.07, 6.45) is 4.98. The third-order valence-corrected chi connectivity index (χ3v) is 6.01. The summed E-state index contributed by atoms with van der Waals surface area (Å²) in [7, 11) is 1.66. The van der Waals surface area contributed by atoms with Gasteiger partial charge in [-0.2, -0.15) is 0 Å². The molecule has 130 valence electrons. The van der Waals surface area contributed by atoms with Crippen LogP contribution < -0.4 is 0 Å². The van der Waals surface area contributed by atoms with Gasteiger partial charge in [-0.15, -0.1) is 0 Å². The standard InChI is InChI=1S/C19H19ClN2O3/c1-21(9-13-4-2-3-5-14(13)20)15(23)10-22-18(24)16-11-6-7-12(8-11)17(16)19(22)25/h2-7,11-12,16-17H,8-10H2,1H3. The van der Waals surface area contributed by atoms with E-state index in [0.717, 1.165) is 16.9 Å². The molecular weight excluding hydrogens is 340 g/mol. The second-order valence-corrected chi connectivity index (χ2v) is 7.51. The minimum absolute atomic E-state index is 0.160. The summed E-state index contributed by atoms with van der Waals surface area (Å²) in [5.41, 5.74) is 0.832. The molecule has 0 radical (unpaired) electrons. The Morgan fingerprint density at radius 1 is 1.16 bits per heavy atom. The van der Waals surface area contributed by atoms with Gasteiger partial charge in [-0.1, -0.05) is 42.0 Å². The number of carbonyl (C=O) groups is 3. The quantitative estimate of drug-likeness (QED) is 0.612. The third kappa shape index (κ3) is 2.58. The van der Waals surface area contributed by atoms with Crippen molar-refractivity contribution in [3.63, 3.8) is 0 Å². The number of imide groups is 1. The molecule has 1 saturated carbocycles. The Hall–Kier alpha value is -2.14. The van der Waals surface area contributed by atoms with E-state index >= 15 is 0 Å². The van der Waals surface area contributed by atoms with Gasteiger partial charge in [0.1, 0.15) is 6.54 Å². The predicted octanol–water partition coefficient (Wildman–Crippen LogP) is 2.11. The highest BCUT2D eigenvalue weighted by Crippen LogP contribution is 2.52. The van der Waals surface area contributed by atoms with Gasteiger partial charge in [0.05, 0.1) is 11.8 Å². The van der Waals surface area contributed by atoms with Crippen LogP contribution in [0.25, 0.3) is 0 Å². The molecule has 1 saturated heterocycles. The smallest absolute Gasteiger partial charge is 0.242 e. The van der Waals surface area contributed by atoms with E-state index in [4.69, 9.17) is 11.6 Å². The van der Waals surface area contributed by atoms with Crippen LogP contribution >= 0.6 is 11.6 Å². The molecular formula is C19H19ClN2O3. The number of halogens is 1. The van der Waals surface area contributed by atoms with Crippen LogP contribution in [0, 0.1) is 23.7 Å². The molecule has 1 aliphatic heterocycles. The molecule has 1 aromatic rings. The predicted molar refractivity (Wildman–Crippen MR) is 92.4 cm³/mol. The van der Waals surface area contributed by atoms with Gasteiger partial charge < -0.3 is 4.90 Å². The highest BCUT2D eigenvalue weighted by molar-refractivity contribution is 6.31. The van der Waals surface area contributed by atoms with E-state index in [1.54, 1.807) is 13.1 Å². The van der Waals surface area contributed by atoms with Gasteiger partial charge in [0.15, 0.2) is 0 Å². The van der Waals surface area contributed by atoms with Crippen molar-refractivity contribution in [3.05, 3.63) is 47.0 Å². The molecule has 3 amide bonds. The Bertz CT molecular complexity index is 761. The molecule has 3 aliphatic rings. The second-order valence-electron chi connectivity index (χ2n) is 7.10. The minimum atomic E-state index is -0.262. The van der Waals surface area contributed by atoms with Gasteiger partial charge >= 0.3 is 0 Å². The monoisotopic (exact) mass is 358 g/mol. The first-order valence-corrected chi connectivity index (χ1v) is 8.86. The summed E-state index contributed by atoms with van der Waals surface area (Å²) in [5, 5.41) is 0.590. The lowest BCUT2D eigenvalue weighted by atomic mass is 9.85. The fourth-order valence-corrected chi connectivity index (χ4v) is 4.54. The molecule has 2 aliphatic carbocycles. The molecule has 25 heavy (non-hydrogen) atoms. The van der Waals surface area contributed by atoms with E-state index in [-0.39, 0.29) is 47.9 Å². The third-order valence-electron chi connectivity index (χ3n) is 5.65. The van der Waals surface area contributed by atoms with Crippen LogP contribution in [0.15, 0.2) is 36.4 Å². The minimum Gasteiger partial charge on any atom is -0.340 e. The van der Waals surface area contributed by atoms with Gasteiger partial charge in [0, 0.05) is 18.6 Å². The van der Waals surface area contributed by atoms with Crippen molar-refractivity contribution < 1.29 is 14.4 Å². The van der Waals surface area contributed by atoms with Crippen molar-refractivity contribution in [3.8, 4) is 0 Å². The van der Waals surface area contributed by atoms with Crippen molar-refractivity contribution in [2.75, 3.05) is 13.6 Å².